The topological polar surface area (TPSA) is 79.1 Å². The summed E-state index contributed by atoms with van der Waals surface area (Å²) in [5.41, 5.74) is 2.76. The van der Waals surface area contributed by atoms with Crippen LogP contribution in [0.1, 0.15) is 34.2 Å². The molecule has 0 aliphatic heterocycles. The van der Waals surface area contributed by atoms with E-state index in [1.807, 2.05) is 6.07 Å². The van der Waals surface area contributed by atoms with E-state index in [9.17, 15) is 18.0 Å². The molecular weight excluding hydrogens is 389 g/mol. The lowest BCUT2D eigenvalue weighted by Gasteiger charge is -2.10. The number of alkyl halides is 3. The number of pyridine rings is 2. The molecule has 0 radical (unpaired) electrons. The molecule has 154 valence electrons. The van der Waals surface area contributed by atoms with Crippen molar-refractivity contribution in [2.75, 3.05) is 13.2 Å². The Morgan fingerprint density at radius 1 is 1.28 bits per heavy atom. The number of hydrogen-bond acceptors (Lipinski definition) is 6. The summed E-state index contributed by atoms with van der Waals surface area (Å²) in [7, 11) is 0. The van der Waals surface area contributed by atoms with E-state index in [0.29, 0.717) is 23.1 Å². The molecule has 0 unspecified atom stereocenters. The van der Waals surface area contributed by atoms with Gasteiger partial charge in [-0.2, -0.15) is 18.3 Å². The Morgan fingerprint density at radius 2 is 2.07 bits per heavy atom. The van der Waals surface area contributed by atoms with E-state index in [-0.39, 0.29) is 18.9 Å². The third-order valence-corrected chi connectivity index (χ3v) is 4.04. The largest absolute Gasteiger partial charge is 0.461 e. The van der Waals surface area contributed by atoms with E-state index < -0.39 is 18.8 Å². The van der Waals surface area contributed by atoms with Crippen LogP contribution in [0.5, 0.6) is 0 Å². The van der Waals surface area contributed by atoms with Crippen LogP contribution in [0.25, 0.3) is 10.9 Å². The van der Waals surface area contributed by atoms with Crippen molar-refractivity contribution in [3.63, 3.8) is 0 Å². The standard InChI is InChI=1S/C19H19F3N4O3/c1-3-29-18(27)17-14-9-26(25-15(14)4-5-23-17)8-13-6-12(2)16(24-7-13)10-28-11-19(20,21)22/h4-7,9H,3,8,10-11H2,1-2H3. The second-order valence-corrected chi connectivity index (χ2v) is 6.35. The maximum absolute atomic E-state index is 12.2. The van der Waals surface area contributed by atoms with Gasteiger partial charge in [0.25, 0.3) is 0 Å². The van der Waals surface area contributed by atoms with Crippen LogP contribution >= 0.6 is 0 Å². The number of aryl methyl sites for hydroxylation is 1. The fourth-order valence-corrected chi connectivity index (χ4v) is 2.79. The molecule has 3 aromatic rings. The average molecular weight is 408 g/mol. The van der Waals surface area contributed by atoms with Crippen molar-refractivity contribution in [3.05, 3.63) is 53.2 Å². The van der Waals surface area contributed by atoms with Gasteiger partial charge in [0.05, 0.1) is 36.4 Å². The van der Waals surface area contributed by atoms with Gasteiger partial charge in [0.2, 0.25) is 0 Å². The highest BCUT2D eigenvalue weighted by Gasteiger charge is 2.27. The molecular formula is C19H19F3N4O3. The molecule has 0 fully saturated rings. The lowest BCUT2D eigenvalue weighted by molar-refractivity contribution is -0.176. The lowest BCUT2D eigenvalue weighted by atomic mass is 10.1. The SMILES string of the molecule is CCOC(=O)c1nccc2nn(Cc3cnc(COCC(F)(F)F)c(C)c3)cc12. The van der Waals surface area contributed by atoms with Crippen LogP contribution in [0.15, 0.2) is 30.7 Å². The van der Waals surface area contributed by atoms with Gasteiger partial charge in [0, 0.05) is 18.6 Å². The minimum atomic E-state index is -4.37. The predicted octanol–water partition coefficient (Wildman–Crippen LogP) is 3.44. The Labute approximate surface area is 164 Å². The van der Waals surface area contributed by atoms with Gasteiger partial charge in [-0.3, -0.25) is 9.67 Å². The van der Waals surface area contributed by atoms with Crippen LogP contribution in [-0.4, -0.2) is 45.1 Å². The molecule has 7 nitrogen and oxygen atoms in total. The molecule has 0 aromatic carbocycles. The monoisotopic (exact) mass is 408 g/mol. The van der Waals surface area contributed by atoms with Crippen molar-refractivity contribution in [2.45, 2.75) is 33.2 Å². The number of carbonyl (C=O) groups is 1. The molecule has 0 atom stereocenters. The van der Waals surface area contributed by atoms with Crippen LogP contribution in [0, 0.1) is 6.92 Å². The minimum absolute atomic E-state index is 0.196. The third kappa shape index (κ3) is 5.29. The molecule has 0 aliphatic rings. The highest BCUT2D eigenvalue weighted by Crippen LogP contribution is 2.19. The van der Waals surface area contributed by atoms with Crippen molar-refractivity contribution in [1.82, 2.24) is 19.7 Å². The van der Waals surface area contributed by atoms with Gasteiger partial charge in [-0.15, -0.1) is 0 Å². The lowest BCUT2D eigenvalue weighted by Crippen LogP contribution is -2.17. The Kier molecular flexibility index (Phi) is 6.12. The summed E-state index contributed by atoms with van der Waals surface area (Å²) in [6.45, 7) is 2.56. The molecule has 0 saturated heterocycles. The summed E-state index contributed by atoms with van der Waals surface area (Å²) in [4.78, 5) is 20.3. The molecule has 29 heavy (non-hydrogen) atoms. The Balaban J connectivity index is 1.74. The summed E-state index contributed by atoms with van der Waals surface area (Å²) in [6.07, 6.45) is 0.390. The maximum Gasteiger partial charge on any atom is 0.411 e. The highest BCUT2D eigenvalue weighted by atomic mass is 19.4. The zero-order valence-electron chi connectivity index (χ0n) is 15.9. The van der Waals surface area contributed by atoms with Gasteiger partial charge in [0.15, 0.2) is 5.69 Å². The van der Waals surface area contributed by atoms with E-state index in [0.717, 1.165) is 11.1 Å². The van der Waals surface area contributed by atoms with Gasteiger partial charge in [-0.25, -0.2) is 9.78 Å². The minimum Gasteiger partial charge on any atom is -0.461 e. The first kappa shape index (κ1) is 20.7. The van der Waals surface area contributed by atoms with Gasteiger partial charge in [-0.1, -0.05) is 6.07 Å². The fraction of sp³-hybridized carbons (Fsp3) is 0.368. The Hall–Kier alpha value is -3.01. The summed E-state index contributed by atoms with van der Waals surface area (Å²) >= 11 is 0. The molecule has 0 saturated carbocycles. The molecule has 0 bridgehead atoms. The smallest absolute Gasteiger partial charge is 0.411 e. The van der Waals surface area contributed by atoms with Gasteiger partial charge in [-0.05, 0) is 31.0 Å². The van der Waals surface area contributed by atoms with E-state index >= 15 is 0 Å². The maximum atomic E-state index is 12.2. The number of ether oxygens (including phenoxy) is 2. The third-order valence-electron chi connectivity index (χ3n) is 4.04. The molecule has 3 aromatic heterocycles. The fourth-order valence-electron chi connectivity index (χ4n) is 2.79. The Morgan fingerprint density at radius 3 is 2.76 bits per heavy atom. The summed E-state index contributed by atoms with van der Waals surface area (Å²) in [5.74, 6) is -0.515. The van der Waals surface area contributed by atoms with E-state index in [4.69, 9.17) is 4.74 Å². The predicted molar refractivity (Wildman–Crippen MR) is 97.3 cm³/mol. The van der Waals surface area contributed by atoms with Crippen molar-refractivity contribution < 1.29 is 27.4 Å². The van der Waals surface area contributed by atoms with E-state index in [1.54, 1.807) is 37.0 Å². The van der Waals surface area contributed by atoms with Gasteiger partial charge in [0.1, 0.15) is 6.61 Å². The summed E-state index contributed by atoms with van der Waals surface area (Å²) in [5, 5.41) is 5.01. The number of esters is 1. The number of carbonyl (C=O) groups excluding carboxylic acids is 1. The summed E-state index contributed by atoms with van der Waals surface area (Å²) < 4.78 is 47.9. The average Bonchev–Trinajstić information content (AvgIpc) is 3.05. The molecule has 3 heterocycles. The first-order chi connectivity index (χ1) is 13.8. The molecule has 0 N–H and O–H groups in total. The van der Waals surface area contributed by atoms with Crippen LogP contribution in [-0.2, 0) is 22.6 Å². The second-order valence-electron chi connectivity index (χ2n) is 6.35. The number of halogens is 3. The number of rotatable bonds is 7. The van der Waals surface area contributed by atoms with Crippen LogP contribution in [0.3, 0.4) is 0 Å². The molecule has 0 spiro atoms. The second kappa shape index (κ2) is 8.56. The zero-order valence-corrected chi connectivity index (χ0v) is 15.9. The number of nitrogens with zero attached hydrogens (tertiary/aromatic N) is 4. The quantitative estimate of drug-likeness (QED) is 0.558. The first-order valence-corrected chi connectivity index (χ1v) is 8.85. The number of fused-ring (bicyclic) bond motifs is 1. The van der Waals surface area contributed by atoms with Crippen molar-refractivity contribution in [3.8, 4) is 0 Å². The molecule has 0 aliphatic carbocycles. The van der Waals surface area contributed by atoms with E-state index in [2.05, 4.69) is 19.8 Å². The summed E-state index contributed by atoms with van der Waals surface area (Å²) in [6, 6.07) is 3.51. The Bertz CT molecular complexity index is 1020. The molecule has 10 heteroatoms. The normalized spacial score (nSPS) is 11.8. The van der Waals surface area contributed by atoms with Crippen LogP contribution in [0.2, 0.25) is 0 Å². The van der Waals surface area contributed by atoms with E-state index in [1.165, 1.54) is 6.20 Å². The van der Waals surface area contributed by atoms with Crippen molar-refractivity contribution >= 4 is 16.9 Å². The zero-order chi connectivity index (χ0) is 21.0. The van der Waals surface area contributed by atoms with Crippen LogP contribution < -0.4 is 0 Å². The van der Waals surface area contributed by atoms with Crippen molar-refractivity contribution in [2.24, 2.45) is 0 Å². The van der Waals surface area contributed by atoms with Gasteiger partial charge >= 0.3 is 12.1 Å². The van der Waals surface area contributed by atoms with Crippen LogP contribution in [0.4, 0.5) is 13.2 Å². The highest BCUT2D eigenvalue weighted by molar-refractivity contribution is 6.01. The number of hydrogen-bond donors (Lipinski definition) is 0. The van der Waals surface area contributed by atoms with Gasteiger partial charge < -0.3 is 9.47 Å². The first-order valence-electron chi connectivity index (χ1n) is 8.85. The molecule has 0 amide bonds. The molecule has 3 rings (SSSR count). The number of aromatic nitrogens is 4. The van der Waals surface area contributed by atoms with Crippen molar-refractivity contribution in [1.29, 1.82) is 0 Å².